The standard InChI is InChI=1S/C23H29F2N5O4/c1-13(2)12-29-19-15(10-14(3)20(32)28-8-6-23(24,25)7-9-28)11-26-30(19)22(34)17(21(29)33)18(31)27-16-4-5-16/h10-11,13,16H,4-9,12H2,1-3H3,(H2,27,31,33,34)/p+1/b14-10+. The molecule has 184 valence electrons. The Kier molecular flexibility index (Phi) is 6.22. The maximum Gasteiger partial charge on any atom is 0.378 e. The van der Waals surface area contributed by atoms with Gasteiger partial charge in [0, 0.05) is 37.5 Å². The summed E-state index contributed by atoms with van der Waals surface area (Å²) in [6, 6.07) is 0.0103. The van der Waals surface area contributed by atoms with Crippen LogP contribution in [0.15, 0.2) is 16.6 Å². The van der Waals surface area contributed by atoms with Crippen LogP contribution in [0.3, 0.4) is 0 Å². The molecule has 2 aromatic rings. The summed E-state index contributed by atoms with van der Waals surface area (Å²) in [4.78, 5) is 40.0. The Morgan fingerprint density at radius 1 is 1.32 bits per heavy atom. The largest absolute Gasteiger partial charge is 0.477 e. The summed E-state index contributed by atoms with van der Waals surface area (Å²) < 4.78 is 29.6. The van der Waals surface area contributed by atoms with E-state index < -0.39 is 23.3 Å². The predicted molar refractivity (Wildman–Crippen MR) is 120 cm³/mol. The van der Waals surface area contributed by atoms with Gasteiger partial charge in [0.05, 0.1) is 18.3 Å². The highest BCUT2D eigenvalue weighted by Crippen LogP contribution is 2.28. The van der Waals surface area contributed by atoms with Crippen molar-refractivity contribution < 1.29 is 28.0 Å². The first kappa shape index (κ1) is 23.9. The highest BCUT2D eigenvalue weighted by atomic mass is 19.3. The topological polar surface area (TPSA) is 111 Å². The van der Waals surface area contributed by atoms with Crippen molar-refractivity contribution in [3.63, 3.8) is 0 Å². The summed E-state index contributed by atoms with van der Waals surface area (Å²) in [5.74, 6) is -4.11. The van der Waals surface area contributed by atoms with Gasteiger partial charge < -0.3 is 15.3 Å². The fraction of sp³-hybridized carbons (Fsp3) is 0.565. The van der Waals surface area contributed by atoms with Crippen LogP contribution in [0.25, 0.3) is 11.7 Å². The van der Waals surface area contributed by atoms with E-state index in [1.807, 2.05) is 13.8 Å². The monoisotopic (exact) mass is 478 g/mol. The molecule has 1 aliphatic carbocycles. The van der Waals surface area contributed by atoms with Crippen LogP contribution in [0.2, 0.25) is 0 Å². The molecule has 4 rings (SSSR count). The number of hydrogen-bond donors (Lipinski definition) is 3. The number of carbonyl (C=O) groups is 2. The number of piperidine rings is 1. The average Bonchev–Trinajstić information content (AvgIpc) is 3.47. The van der Waals surface area contributed by atoms with E-state index >= 15 is 0 Å². The van der Waals surface area contributed by atoms with Gasteiger partial charge in [0.25, 0.3) is 11.8 Å². The molecule has 0 unspecified atom stereocenters. The summed E-state index contributed by atoms with van der Waals surface area (Å²) in [7, 11) is 0. The van der Waals surface area contributed by atoms with Crippen molar-refractivity contribution in [3.8, 4) is 5.88 Å². The van der Waals surface area contributed by atoms with E-state index in [9.17, 15) is 28.3 Å². The molecule has 11 heteroatoms. The van der Waals surface area contributed by atoms with Crippen LogP contribution in [0.5, 0.6) is 5.88 Å². The van der Waals surface area contributed by atoms with Crippen LogP contribution in [0.1, 0.15) is 62.4 Å². The number of aromatic amines is 1. The Morgan fingerprint density at radius 2 is 1.97 bits per heavy atom. The molecule has 1 saturated heterocycles. The number of halogens is 2. The Balaban J connectivity index is 1.74. The quantitative estimate of drug-likeness (QED) is 0.435. The second kappa shape index (κ2) is 8.84. The van der Waals surface area contributed by atoms with Gasteiger partial charge in [0.2, 0.25) is 11.5 Å². The number of rotatable bonds is 6. The summed E-state index contributed by atoms with van der Waals surface area (Å²) in [6.45, 7) is 5.70. The Hall–Kier alpha value is -3.24. The van der Waals surface area contributed by atoms with Crippen molar-refractivity contribution >= 4 is 23.5 Å². The number of alkyl halides is 2. The average molecular weight is 479 g/mol. The van der Waals surface area contributed by atoms with Crippen LogP contribution in [0, 0.1) is 5.92 Å². The predicted octanol–water partition coefficient (Wildman–Crippen LogP) is 1.83. The molecular formula is C23H30F2N5O4+. The third-order valence-electron chi connectivity index (χ3n) is 6.15. The fourth-order valence-electron chi connectivity index (χ4n) is 4.17. The first-order valence-electron chi connectivity index (χ1n) is 11.5. The Labute approximate surface area is 195 Å². The molecule has 0 spiro atoms. The summed E-state index contributed by atoms with van der Waals surface area (Å²) in [6.07, 6.45) is 3.99. The molecule has 1 saturated carbocycles. The van der Waals surface area contributed by atoms with Crippen LogP contribution in [-0.4, -0.2) is 56.5 Å². The van der Waals surface area contributed by atoms with E-state index in [1.165, 1.54) is 20.2 Å². The molecule has 2 aliphatic rings. The molecule has 2 fully saturated rings. The van der Waals surface area contributed by atoms with Gasteiger partial charge in [-0.25, -0.2) is 18.7 Å². The third-order valence-corrected chi connectivity index (χ3v) is 6.15. The minimum absolute atomic E-state index is 0.0103. The van der Waals surface area contributed by atoms with Gasteiger partial charge >= 0.3 is 17.1 Å². The molecule has 34 heavy (non-hydrogen) atoms. The van der Waals surface area contributed by atoms with Gasteiger partial charge in [-0.05, 0) is 31.8 Å². The second-order valence-corrected chi connectivity index (χ2v) is 9.62. The van der Waals surface area contributed by atoms with Crippen LogP contribution in [0.4, 0.5) is 8.78 Å². The van der Waals surface area contributed by atoms with E-state index in [0.717, 1.165) is 12.8 Å². The lowest BCUT2D eigenvalue weighted by atomic mass is 10.1. The maximum absolute atomic E-state index is 13.5. The van der Waals surface area contributed by atoms with Crippen LogP contribution < -0.4 is 15.4 Å². The van der Waals surface area contributed by atoms with Gasteiger partial charge in [0.1, 0.15) is 0 Å². The minimum atomic E-state index is -2.75. The second-order valence-electron chi connectivity index (χ2n) is 9.62. The molecule has 0 aromatic carbocycles. The Bertz CT molecular complexity index is 1220. The number of hydrogen-bond acceptors (Lipinski definition) is 4. The molecular weight excluding hydrogens is 448 g/mol. The highest BCUT2D eigenvalue weighted by Gasteiger charge is 2.37. The number of amides is 2. The van der Waals surface area contributed by atoms with Crippen molar-refractivity contribution in [2.24, 2.45) is 5.92 Å². The molecule has 0 atom stereocenters. The number of carbonyl (C=O) groups excluding carboxylic acids is 2. The summed E-state index contributed by atoms with van der Waals surface area (Å²) in [5, 5.41) is 16.5. The van der Waals surface area contributed by atoms with Crippen molar-refractivity contribution in [1.82, 2.24) is 19.8 Å². The molecule has 9 nitrogen and oxygen atoms in total. The molecule has 0 radical (unpaired) electrons. The van der Waals surface area contributed by atoms with Crippen molar-refractivity contribution in [2.45, 2.75) is 65.0 Å². The van der Waals surface area contributed by atoms with Gasteiger partial charge in [-0.3, -0.25) is 9.59 Å². The minimum Gasteiger partial charge on any atom is -0.477 e. The number of nitrogens with zero attached hydrogens (tertiary/aromatic N) is 3. The zero-order valence-electron chi connectivity index (χ0n) is 19.5. The SMILES string of the molecule is C/C(=C\c1c[nH]n2c(=O)c(C(=O)NC3CC3)c(O)[n+](CC(C)C)c12)C(=O)N1CCC(F)(F)CC1. The van der Waals surface area contributed by atoms with Crippen molar-refractivity contribution in [1.29, 1.82) is 0 Å². The maximum atomic E-state index is 13.5. The number of likely N-dealkylation sites (tertiary alicyclic amines) is 1. The third kappa shape index (κ3) is 4.69. The van der Waals surface area contributed by atoms with E-state index in [0.29, 0.717) is 23.3 Å². The normalized spacial score (nSPS) is 18.5. The van der Waals surface area contributed by atoms with Gasteiger partial charge in [-0.15, -0.1) is 0 Å². The van der Waals surface area contributed by atoms with Gasteiger partial charge in [-0.1, -0.05) is 18.4 Å². The number of aromatic nitrogens is 3. The highest BCUT2D eigenvalue weighted by molar-refractivity contribution is 5.98. The zero-order chi connectivity index (χ0) is 24.8. The lowest BCUT2D eigenvalue weighted by Gasteiger charge is -2.31. The first-order valence-corrected chi connectivity index (χ1v) is 11.5. The smallest absolute Gasteiger partial charge is 0.378 e. The molecule has 0 bridgehead atoms. The van der Waals surface area contributed by atoms with Crippen LogP contribution in [-0.2, 0) is 11.3 Å². The van der Waals surface area contributed by atoms with Gasteiger partial charge in [-0.2, -0.15) is 4.57 Å². The van der Waals surface area contributed by atoms with E-state index in [4.69, 9.17) is 0 Å². The van der Waals surface area contributed by atoms with Crippen LogP contribution >= 0.6 is 0 Å². The molecule has 1 aliphatic heterocycles. The van der Waals surface area contributed by atoms with Crippen molar-refractivity contribution in [2.75, 3.05) is 13.1 Å². The van der Waals surface area contributed by atoms with E-state index in [2.05, 4.69) is 10.4 Å². The number of fused-ring (bicyclic) bond motifs is 1. The Morgan fingerprint density at radius 3 is 2.56 bits per heavy atom. The molecule has 2 amide bonds. The van der Waals surface area contributed by atoms with Crippen molar-refractivity contribution in [3.05, 3.63) is 33.3 Å². The number of H-pyrrole nitrogens is 1. The fourth-order valence-corrected chi connectivity index (χ4v) is 4.17. The van der Waals surface area contributed by atoms with Gasteiger partial charge in [0.15, 0.2) is 0 Å². The lowest BCUT2D eigenvalue weighted by Crippen LogP contribution is -2.46. The zero-order valence-corrected chi connectivity index (χ0v) is 19.5. The number of aromatic hydroxyl groups is 1. The molecule has 3 heterocycles. The lowest BCUT2D eigenvalue weighted by molar-refractivity contribution is -0.686. The first-order chi connectivity index (χ1) is 16.0. The molecule has 3 N–H and O–H groups in total. The van der Waals surface area contributed by atoms with E-state index in [-0.39, 0.29) is 49.4 Å². The number of nitrogens with one attached hydrogen (secondary N) is 2. The van der Waals surface area contributed by atoms with E-state index in [1.54, 1.807) is 13.0 Å². The summed E-state index contributed by atoms with van der Waals surface area (Å²) in [5.41, 5.74) is 0.0224. The summed E-state index contributed by atoms with van der Waals surface area (Å²) >= 11 is 0. The molecule has 2 aromatic heterocycles.